The van der Waals surface area contributed by atoms with Crippen LogP contribution in [0.25, 0.3) is 11.1 Å². The van der Waals surface area contributed by atoms with Gasteiger partial charge in [-0.2, -0.15) is 0 Å². The lowest BCUT2D eigenvalue weighted by atomic mass is 9.59. The number of hydrogen-bond donors (Lipinski definition) is 0. The van der Waals surface area contributed by atoms with E-state index < -0.39 is 34.5 Å². The number of benzene rings is 5. The van der Waals surface area contributed by atoms with Gasteiger partial charge in [0.15, 0.2) is 17.3 Å². The van der Waals surface area contributed by atoms with Gasteiger partial charge in [0.1, 0.15) is 11.5 Å². The number of carbonyl (C=O) groups excluding carboxylic acids is 3. The highest BCUT2D eigenvalue weighted by Gasteiger charge is 2.82. The summed E-state index contributed by atoms with van der Waals surface area (Å²) in [7, 11) is 3.21. The lowest BCUT2D eigenvalue weighted by Crippen LogP contribution is -2.45. The van der Waals surface area contributed by atoms with Crippen molar-refractivity contribution < 1.29 is 33.3 Å². The second kappa shape index (κ2) is 10.9. The number of carbonyl (C=O) groups is 3. The van der Waals surface area contributed by atoms with Gasteiger partial charge in [0, 0.05) is 6.07 Å². The maximum Gasteiger partial charge on any atom is 0.239 e. The van der Waals surface area contributed by atoms with Crippen molar-refractivity contribution in [2.75, 3.05) is 25.9 Å². The Morgan fingerprint density at radius 2 is 1.04 bits per heavy atom. The third kappa shape index (κ3) is 3.73. The summed E-state index contributed by atoms with van der Waals surface area (Å²) in [4.78, 5) is 47.8. The number of Topliss-reactive ketones (excluding diaryl/α,β-unsaturated/α-hetero) is 1. The molecule has 2 aliphatic carbocycles. The number of ether oxygens (including phenoxy) is 4. The van der Waals surface area contributed by atoms with Crippen molar-refractivity contribution in [1.82, 2.24) is 0 Å². The number of anilines is 1. The quantitative estimate of drug-likeness (QED) is 0.181. The first-order valence-corrected chi connectivity index (χ1v) is 16.4. The van der Waals surface area contributed by atoms with Gasteiger partial charge in [0.25, 0.3) is 0 Å². The number of fused-ring (bicyclic) bond motifs is 6. The molecule has 0 radical (unpaired) electrons. The van der Waals surface area contributed by atoms with E-state index in [2.05, 4.69) is 0 Å². The molecule has 1 saturated heterocycles. The Morgan fingerprint density at radius 3 is 1.50 bits per heavy atom. The number of rotatable bonds is 7. The minimum absolute atomic E-state index is 0.0506. The predicted molar refractivity (Wildman–Crippen MR) is 186 cm³/mol. The summed E-state index contributed by atoms with van der Waals surface area (Å²) in [5, 5.41) is 0. The Balaban J connectivity index is 1.41. The van der Waals surface area contributed by atoms with Crippen LogP contribution < -0.4 is 23.8 Å². The van der Waals surface area contributed by atoms with Crippen molar-refractivity contribution >= 4 is 34.4 Å². The van der Waals surface area contributed by atoms with Crippen LogP contribution in [0, 0.1) is 11.8 Å². The smallest absolute Gasteiger partial charge is 0.239 e. The van der Waals surface area contributed by atoms with Gasteiger partial charge in [-0.3, -0.25) is 14.4 Å². The summed E-state index contributed by atoms with van der Waals surface area (Å²) in [6, 6.07) is 39.1. The van der Waals surface area contributed by atoms with Gasteiger partial charge in [-0.15, -0.1) is 0 Å². The predicted octanol–water partition coefficient (Wildman–Crippen LogP) is 6.62. The van der Waals surface area contributed by atoms with E-state index in [4.69, 9.17) is 18.9 Å². The van der Waals surface area contributed by atoms with Crippen molar-refractivity contribution in [3.05, 3.63) is 150 Å². The van der Waals surface area contributed by atoms with Gasteiger partial charge in [-0.25, -0.2) is 4.90 Å². The molecule has 2 amide bonds. The van der Waals surface area contributed by atoms with Gasteiger partial charge in [0.2, 0.25) is 18.6 Å². The van der Waals surface area contributed by atoms with Crippen LogP contribution in [0.3, 0.4) is 0 Å². The second-order valence-electron chi connectivity index (χ2n) is 12.9. The average molecular weight is 662 g/mol. The molecule has 0 spiro atoms. The second-order valence-corrected chi connectivity index (χ2v) is 12.9. The van der Waals surface area contributed by atoms with Crippen molar-refractivity contribution in [2.45, 2.75) is 10.8 Å². The molecule has 2 heterocycles. The molecule has 4 atom stereocenters. The van der Waals surface area contributed by atoms with E-state index in [1.165, 1.54) is 4.90 Å². The Kier molecular flexibility index (Phi) is 6.55. The van der Waals surface area contributed by atoms with Crippen molar-refractivity contribution in [3.63, 3.8) is 0 Å². The van der Waals surface area contributed by atoms with Gasteiger partial charge in [-0.05, 0) is 69.8 Å². The molecule has 4 aliphatic rings. The van der Waals surface area contributed by atoms with Crippen LogP contribution in [0.5, 0.6) is 23.0 Å². The first kappa shape index (κ1) is 29.9. The van der Waals surface area contributed by atoms with E-state index in [1.807, 2.05) is 109 Å². The fourth-order valence-electron chi connectivity index (χ4n) is 8.92. The van der Waals surface area contributed by atoms with Gasteiger partial charge in [0.05, 0.1) is 42.6 Å². The molecule has 50 heavy (non-hydrogen) atoms. The van der Waals surface area contributed by atoms with E-state index in [0.717, 1.165) is 11.1 Å². The molecular weight excluding hydrogens is 630 g/mol. The third-order valence-corrected chi connectivity index (χ3v) is 10.8. The van der Waals surface area contributed by atoms with Crippen molar-refractivity contribution in [1.29, 1.82) is 0 Å². The zero-order chi connectivity index (χ0) is 34.2. The van der Waals surface area contributed by atoms with Crippen LogP contribution >= 0.6 is 0 Å². The van der Waals surface area contributed by atoms with Gasteiger partial charge >= 0.3 is 0 Å². The van der Waals surface area contributed by atoms with E-state index in [0.29, 0.717) is 51.0 Å². The summed E-state index contributed by atoms with van der Waals surface area (Å²) >= 11 is 0. The molecule has 8 nitrogen and oxygen atoms in total. The molecule has 2 aliphatic heterocycles. The summed E-state index contributed by atoms with van der Waals surface area (Å²) in [5.41, 5.74) is 1.53. The number of hydrogen-bond acceptors (Lipinski definition) is 7. The first-order chi connectivity index (χ1) is 24.5. The molecule has 246 valence electrons. The maximum absolute atomic E-state index is 16.1. The van der Waals surface area contributed by atoms with Crippen LogP contribution in [0.4, 0.5) is 5.69 Å². The molecule has 0 aromatic heterocycles. The highest BCUT2D eigenvalue weighted by atomic mass is 16.7. The van der Waals surface area contributed by atoms with Gasteiger partial charge < -0.3 is 18.9 Å². The first-order valence-electron chi connectivity index (χ1n) is 16.4. The van der Waals surface area contributed by atoms with E-state index in [9.17, 15) is 0 Å². The molecular formula is C42H31NO7. The topological polar surface area (TPSA) is 91.4 Å². The Labute approximate surface area is 288 Å². The molecule has 0 N–H and O–H groups in total. The van der Waals surface area contributed by atoms with E-state index in [1.54, 1.807) is 32.4 Å². The number of amides is 2. The van der Waals surface area contributed by atoms with E-state index >= 15 is 14.4 Å². The lowest BCUT2D eigenvalue weighted by Gasteiger charge is -2.39. The fraction of sp³-hybridized carbons (Fsp3) is 0.167. The summed E-state index contributed by atoms with van der Waals surface area (Å²) in [6.07, 6.45) is 0. The standard InChI is InChI=1S/C42H31NO7/c1-47-30-18-13-25(14-19-30)34-35(26-15-20-31(48-2)21-16-26)42(28-11-7-4-8-12-28)37-36(41(34,40(42)46)27-9-5-3-6-10-27)38(44)43(39(37)45)29-17-22-32-33(23-29)50-24-49-32/h3-23,36-37H,24H2,1-2H3/t36-,37+,41-,42-/m0/s1. The number of allylic oxidation sites excluding steroid dienone is 2. The van der Waals surface area contributed by atoms with Crippen LogP contribution in [0.1, 0.15) is 22.3 Å². The maximum atomic E-state index is 16.1. The number of ketones is 1. The minimum atomic E-state index is -1.52. The molecule has 5 aromatic carbocycles. The van der Waals surface area contributed by atoms with Crippen molar-refractivity contribution in [3.8, 4) is 23.0 Å². The number of methoxy groups -OCH3 is 2. The van der Waals surface area contributed by atoms with Crippen molar-refractivity contribution in [2.24, 2.45) is 11.8 Å². The van der Waals surface area contributed by atoms with E-state index in [-0.39, 0.29) is 12.6 Å². The number of imide groups is 1. The van der Waals surface area contributed by atoms with Gasteiger partial charge in [-0.1, -0.05) is 84.9 Å². The number of nitrogens with zero attached hydrogens (tertiary/aromatic N) is 1. The Hall–Kier alpha value is -6.15. The highest BCUT2D eigenvalue weighted by Crippen LogP contribution is 2.74. The molecule has 5 aromatic rings. The largest absolute Gasteiger partial charge is 0.497 e. The minimum Gasteiger partial charge on any atom is -0.497 e. The zero-order valence-corrected chi connectivity index (χ0v) is 27.3. The monoisotopic (exact) mass is 661 g/mol. The summed E-state index contributed by atoms with van der Waals surface area (Å²) < 4.78 is 22.2. The molecule has 1 saturated carbocycles. The lowest BCUT2D eigenvalue weighted by molar-refractivity contribution is -0.130. The molecule has 2 bridgehead atoms. The SMILES string of the molecule is COc1ccc(C2=C(c3ccc(OC)cc3)[C@]3(c4ccccc4)C(=O)[C@]2(c2ccccc2)[C@@H]2C(=O)N(c4ccc5c(c4)OCO5)C(=O)[C@@H]23)cc1. The molecule has 2 fully saturated rings. The summed E-state index contributed by atoms with van der Waals surface area (Å²) in [5.74, 6) is -0.867. The van der Waals surface area contributed by atoms with Crippen LogP contribution in [0.2, 0.25) is 0 Å². The van der Waals surface area contributed by atoms with Crippen LogP contribution in [-0.4, -0.2) is 38.6 Å². The Bertz CT molecular complexity index is 2100. The molecule has 8 heteroatoms. The molecule has 0 unspecified atom stereocenters. The van der Waals surface area contributed by atoms with Crippen LogP contribution in [0.15, 0.2) is 127 Å². The normalized spacial score (nSPS) is 24.6. The summed E-state index contributed by atoms with van der Waals surface area (Å²) in [6.45, 7) is 0.0506. The average Bonchev–Trinajstić information content (AvgIpc) is 3.87. The molecule has 9 rings (SSSR count). The Morgan fingerprint density at radius 1 is 0.580 bits per heavy atom. The fourth-order valence-corrected chi connectivity index (χ4v) is 8.92. The third-order valence-electron chi connectivity index (χ3n) is 10.8. The highest BCUT2D eigenvalue weighted by molar-refractivity contribution is 6.39. The zero-order valence-electron chi connectivity index (χ0n) is 27.3. The van der Waals surface area contributed by atoms with Crippen LogP contribution in [-0.2, 0) is 25.2 Å².